The lowest BCUT2D eigenvalue weighted by molar-refractivity contribution is -0.118. The van der Waals surface area contributed by atoms with Gasteiger partial charge in [0.15, 0.2) is 12.4 Å². The number of hydrogen-bond acceptors (Lipinski definition) is 9. The Labute approximate surface area is 320 Å². The van der Waals surface area contributed by atoms with Crippen molar-refractivity contribution < 1.29 is 34.1 Å². The SMILES string of the molecule is COc1cccc(Nc2c(C(N)=O)cnc3c(C)cc(Cc4cccc(C(=O)NCCCCCCCC[C@H](O)c5ccc(O)c6c5OCC(=O)N6)c4)cc23)c1. The first-order valence-corrected chi connectivity index (χ1v) is 18.6. The van der Waals surface area contributed by atoms with Crippen molar-refractivity contribution in [3.05, 3.63) is 112 Å². The number of ether oxygens (including phenoxy) is 2. The molecule has 0 bridgehead atoms. The average molecular weight is 746 g/mol. The van der Waals surface area contributed by atoms with Gasteiger partial charge in [-0.1, -0.05) is 56.4 Å². The number of benzene rings is 4. The summed E-state index contributed by atoms with van der Waals surface area (Å²) in [6.45, 7) is 2.41. The number of phenolic OH excluding ortho intramolecular Hbond substituents is 1. The van der Waals surface area contributed by atoms with Crippen molar-refractivity contribution in [1.82, 2.24) is 10.3 Å². The molecule has 7 N–H and O–H groups in total. The van der Waals surface area contributed by atoms with Crippen molar-refractivity contribution in [3.8, 4) is 17.2 Å². The monoisotopic (exact) mass is 745 g/mol. The number of rotatable bonds is 17. The topological polar surface area (TPSA) is 185 Å². The second-order valence-corrected chi connectivity index (χ2v) is 13.9. The van der Waals surface area contributed by atoms with Gasteiger partial charge in [-0.3, -0.25) is 19.4 Å². The molecule has 55 heavy (non-hydrogen) atoms. The molecule has 1 aromatic heterocycles. The molecular formula is C43H47N5O7. The quantitative estimate of drug-likeness (QED) is 0.0423. The van der Waals surface area contributed by atoms with E-state index in [0.29, 0.717) is 47.7 Å². The number of amides is 3. The molecule has 2 heterocycles. The number of nitrogens with two attached hydrogens (primary N) is 1. The van der Waals surface area contributed by atoms with Gasteiger partial charge in [0.25, 0.3) is 17.7 Å². The number of aryl methyl sites for hydroxylation is 1. The number of aliphatic hydroxyl groups is 1. The van der Waals surface area contributed by atoms with E-state index < -0.39 is 12.0 Å². The van der Waals surface area contributed by atoms with Crippen LogP contribution in [-0.4, -0.2) is 53.2 Å². The highest BCUT2D eigenvalue weighted by atomic mass is 16.5. The molecule has 1 atom stereocenters. The molecule has 0 saturated carbocycles. The molecule has 12 nitrogen and oxygen atoms in total. The second kappa shape index (κ2) is 17.8. The lowest BCUT2D eigenvalue weighted by Gasteiger charge is -2.23. The molecule has 5 aromatic rings. The van der Waals surface area contributed by atoms with Crippen molar-refractivity contribution in [1.29, 1.82) is 0 Å². The van der Waals surface area contributed by atoms with E-state index in [2.05, 4.69) is 27.0 Å². The van der Waals surface area contributed by atoms with Gasteiger partial charge in [0.05, 0.1) is 30.0 Å². The van der Waals surface area contributed by atoms with Gasteiger partial charge in [0.2, 0.25) is 0 Å². The summed E-state index contributed by atoms with van der Waals surface area (Å²) < 4.78 is 10.9. The maximum Gasteiger partial charge on any atom is 0.262 e. The normalized spacial score (nSPS) is 12.7. The Balaban J connectivity index is 0.982. The van der Waals surface area contributed by atoms with Gasteiger partial charge < -0.3 is 41.4 Å². The molecule has 0 fully saturated rings. The summed E-state index contributed by atoms with van der Waals surface area (Å²) in [6, 6.07) is 22.2. The first-order valence-electron chi connectivity index (χ1n) is 18.6. The molecule has 286 valence electrons. The fraction of sp³-hybridized carbons (Fsp3) is 0.302. The zero-order valence-corrected chi connectivity index (χ0v) is 31.1. The van der Waals surface area contributed by atoms with Gasteiger partial charge in [-0.25, -0.2) is 0 Å². The van der Waals surface area contributed by atoms with Crippen LogP contribution in [0.3, 0.4) is 0 Å². The summed E-state index contributed by atoms with van der Waals surface area (Å²) in [5.41, 5.74) is 12.4. The van der Waals surface area contributed by atoms with E-state index in [4.69, 9.17) is 15.2 Å². The van der Waals surface area contributed by atoms with Crippen LogP contribution >= 0.6 is 0 Å². The maximum atomic E-state index is 13.1. The minimum atomic E-state index is -0.760. The van der Waals surface area contributed by atoms with Gasteiger partial charge in [0.1, 0.15) is 17.2 Å². The molecule has 0 unspecified atom stereocenters. The fourth-order valence-electron chi connectivity index (χ4n) is 6.95. The van der Waals surface area contributed by atoms with Gasteiger partial charge >= 0.3 is 0 Å². The van der Waals surface area contributed by atoms with Crippen molar-refractivity contribution in [2.45, 2.75) is 64.4 Å². The van der Waals surface area contributed by atoms with E-state index in [0.717, 1.165) is 71.8 Å². The lowest BCUT2D eigenvalue weighted by Crippen LogP contribution is -2.26. The van der Waals surface area contributed by atoms with E-state index in [1.807, 2.05) is 61.5 Å². The highest BCUT2D eigenvalue weighted by molar-refractivity contribution is 6.08. The summed E-state index contributed by atoms with van der Waals surface area (Å²) in [5, 5.41) is 30.6. The molecule has 1 aliphatic rings. The zero-order valence-electron chi connectivity index (χ0n) is 31.1. The third-order valence-corrected chi connectivity index (χ3v) is 9.75. The van der Waals surface area contributed by atoms with Crippen LogP contribution in [-0.2, 0) is 11.2 Å². The number of methoxy groups -OCH3 is 1. The Morgan fingerprint density at radius 3 is 2.56 bits per heavy atom. The molecule has 0 radical (unpaired) electrons. The summed E-state index contributed by atoms with van der Waals surface area (Å²) in [4.78, 5) is 41.8. The minimum absolute atomic E-state index is 0.0913. The summed E-state index contributed by atoms with van der Waals surface area (Å²) in [7, 11) is 1.60. The van der Waals surface area contributed by atoms with Crippen molar-refractivity contribution in [3.63, 3.8) is 0 Å². The average Bonchev–Trinajstić information content (AvgIpc) is 3.17. The van der Waals surface area contributed by atoms with E-state index >= 15 is 0 Å². The van der Waals surface area contributed by atoms with E-state index in [1.54, 1.807) is 13.2 Å². The van der Waals surface area contributed by atoms with Gasteiger partial charge in [-0.05, 0) is 85.3 Å². The molecule has 12 heteroatoms. The number of primary amides is 1. The second-order valence-electron chi connectivity index (χ2n) is 13.9. The Bertz CT molecular complexity index is 2200. The van der Waals surface area contributed by atoms with Crippen molar-refractivity contribution in [2.24, 2.45) is 5.73 Å². The fourth-order valence-corrected chi connectivity index (χ4v) is 6.95. The standard InChI is InChI=1S/C43H47N5O7/c1-26-19-28(22-33-38(26)46-24-34(42(44)52)39(33)47-30-13-10-14-31(23-30)54-2)20-27-11-9-12-29(21-27)43(53)45-18-8-6-4-3-5-7-15-35(49)32-16-17-36(50)40-41(32)55-25-37(51)48-40/h9-14,16-17,19,21-24,35,49-50H,3-8,15,18,20,25H2,1-2H3,(H2,44,52)(H,45,53)(H,46,47)(H,48,51)/t35-/m0/s1. The minimum Gasteiger partial charge on any atom is -0.506 e. The predicted molar refractivity (Wildman–Crippen MR) is 212 cm³/mol. The summed E-state index contributed by atoms with van der Waals surface area (Å²) >= 11 is 0. The number of nitrogens with zero attached hydrogens (tertiary/aromatic N) is 1. The Kier molecular flexibility index (Phi) is 12.5. The van der Waals surface area contributed by atoms with Crippen LogP contribution in [0, 0.1) is 6.92 Å². The maximum absolute atomic E-state index is 13.1. The third kappa shape index (κ3) is 9.51. The van der Waals surface area contributed by atoms with Crippen LogP contribution in [0.15, 0.2) is 79.0 Å². The molecular weight excluding hydrogens is 699 g/mol. The van der Waals surface area contributed by atoms with Crippen LogP contribution in [0.25, 0.3) is 10.9 Å². The number of phenols is 1. The highest BCUT2D eigenvalue weighted by Crippen LogP contribution is 2.42. The van der Waals surface area contributed by atoms with Gasteiger partial charge in [-0.15, -0.1) is 0 Å². The van der Waals surface area contributed by atoms with Crippen LogP contribution in [0.2, 0.25) is 0 Å². The Morgan fingerprint density at radius 1 is 0.982 bits per heavy atom. The van der Waals surface area contributed by atoms with E-state index in [1.165, 1.54) is 12.3 Å². The largest absolute Gasteiger partial charge is 0.506 e. The number of pyridine rings is 1. The number of hydrogen-bond donors (Lipinski definition) is 6. The highest BCUT2D eigenvalue weighted by Gasteiger charge is 2.25. The van der Waals surface area contributed by atoms with Crippen LogP contribution in [0.5, 0.6) is 17.2 Å². The lowest BCUT2D eigenvalue weighted by atomic mass is 9.97. The van der Waals surface area contributed by atoms with Crippen LogP contribution in [0.4, 0.5) is 17.1 Å². The number of anilines is 3. The van der Waals surface area contributed by atoms with Gasteiger partial charge in [0, 0.05) is 41.0 Å². The first-order chi connectivity index (χ1) is 26.6. The number of unbranched alkanes of at least 4 members (excludes halogenated alkanes) is 5. The van der Waals surface area contributed by atoms with Crippen LogP contribution in [0.1, 0.15) is 94.0 Å². The van der Waals surface area contributed by atoms with Crippen molar-refractivity contribution in [2.75, 3.05) is 30.9 Å². The van der Waals surface area contributed by atoms with Crippen LogP contribution < -0.4 is 31.2 Å². The molecule has 6 rings (SSSR count). The number of carbonyl (C=O) groups is 3. The first kappa shape index (κ1) is 38.6. The van der Waals surface area contributed by atoms with E-state index in [-0.39, 0.29) is 35.4 Å². The summed E-state index contributed by atoms with van der Waals surface area (Å²) in [6.07, 6.45) is 7.49. The smallest absolute Gasteiger partial charge is 0.262 e. The third-order valence-electron chi connectivity index (χ3n) is 9.75. The number of aromatic hydroxyl groups is 1. The molecule has 4 aromatic carbocycles. The Hall–Kier alpha value is -6.14. The van der Waals surface area contributed by atoms with E-state index in [9.17, 15) is 24.6 Å². The molecule has 0 saturated heterocycles. The number of carbonyl (C=O) groups excluding carboxylic acids is 3. The molecule has 1 aliphatic heterocycles. The number of fused-ring (bicyclic) bond motifs is 2. The molecule has 0 spiro atoms. The summed E-state index contributed by atoms with van der Waals surface area (Å²) in [5.74, 6) is -0.143. The molecule has 3 amide bonds. The predicted octanol–water partition coefficient (Wildman–Crippen LogP) is 7.22. The van der Waals surface area contributed by atoms with Crippen molar-refractivity contribution >= 4 is 45.7 Å². The number of aromatic nitrogens is 1. The number of aliphatic hydroxyl groups excluding tert-OH is 1. The zero-order chi connectivity index (χ0) is 38.9. The molecule has 0 aliphatic carbocycles. The van der Waals surface area contributed by atoms with Gasteiger partial charge in [-0.2, -0.15) is 0 Å². The Morgan fingerprint density at radius 2 is 1.76 bits per heavy atom. The number of nitrogens with one attached hydrogen (secondary N) is 3.